The van der Waals surface area contributed by atoms with Gasteiger partial charge in [-0.1, -0.05) is 53.6 Å². The Morgan fingerprint density at radius 2 is 1.77 bits per heavy atom. The Kier molecular flexibility index (Phi) is 6.09. The molecule has 0 fully saturated rings. The van der Waals surface area contributed by atoms with Crippen LogP contribution in [0.2, 0.25) is 5.02 Å². The Bertz CT molecular complexity index is 1530. The quantitative estimate of drug-likeness (QED) is 0.342. The topological polar surface area (TPSA) is 77.6 Å². The number of aryl methyl sites for hydroxylation is 3. The number of hydrogen-bond donors (Lipinski definition) is 1. The average Bonchev–Trinajstić information content (AvgIpc) is 3.32. The van der Waals surface area contributed by atoms with Crippen LogP contribution in [0.25, 0.3) is 22.2 Å². The number of halogens is 1. The third-order valence-corrected chi connectivity index (χ3v) is 6.17. The summed E-state index contributed by atoms with van der Waals surface area (Å²) in [6.45, 7) is 6.56. The zero-order valence-electron chi connectivity index (χ0n) is 19.8. The molecule has 35 heavy (non-hydrogen) atoms. The summed E-state index contributed by atoms with van der Waals surface area (Å²) in [4.78, 5) is 17.4. The maximum absolute atomic E-state index is 12.9. The van der Waals surface area contributed by atoms with Gasteiger partial charge >= 0.3 is 0 Å². The van der Waals surface area contributed by atoms with E-state index < -0.39 is 0 Å². The Morgan fingerprint density at radius 1 is 0.971 bits per heavy atom. The van der Waals surface area contributed by atoms with E-state index in [9.17, 15) is 4.79 Å². The highest BCUT2D eigenvalue weighted by Crippen LogP contribution is 2.30. The van der Waals surface area contributed by atoms with E-state index in [1.54, 1.807) is 10.9 Å². The normalized spacial score (nSPS) is 11.2. The van der Waals surface area contributed by atoms with Gasteiger partial charge in [-0.25, -0.2) is 9.67 Å². The number of rotatable bonds is 6. The predicted octanol–water partition coefficient (Wildman–Crippen LogP) is 5.56. The molecular weight excluding hydrogens is 460 g/mol. The van der Waals surface area contributed by atoms with Crippen molar-refractivity contribution in [2.24, 2.45) is 0 Å². The lowest BCUT2D eigenvalue weighted by Crippen LogP contribution is -2.20. The summed E-state index contributed by atoms with van der Waals surface area (Å²) in [6.07, 6.45) is 1.76. The highest BCUT2D eigenvalue weighted by atomic mass is 35.5. The van der Waals surface area contributed by atoms with E-state index in [0.29, 0.717) is 23.0 Å². The number of pyridine rings is 1. The predicted molar refractivity (Wildman–Crippen MR) is 139 cm³/mol. The molecule has 2 aromatic carbocycles. The summed E-state index contributed by atoms with van der Waals surface area (Å²) >= 11 is 6.10. The average molecular weight is 485 g/mol. The van der Waals surface area contributed by atoms with E-state index in [0.717, 1.165) is 33.5 Å². The molecule has 0 radical (unpaired) electrons. The molecule has 3 aromatic heterocycles. The fraction of sp³-hybridized carbons (Fsp3) is 0.185. The van der Waals surface area contributed by atoms with Gasteiger partial charge in [-0.15, -0.1) is 0 Å². The van der Waals surface area contributed by atoms with Crippen LogP contribution in [-0.2, 0) is 17.9 Å². The standard InChI is InChI=1S/C27H25ClN6O/c1-17-7-9-21(10-8-17)23-11-12-29-27-26(23)19(3)31-34(27)16-25(35)30-24-13-18(2)33(32-24)15-20-5-4-6-22(28)14-20/h4-14H,15-16H2,1-3H3,(H,30,32,35). The molecule has 5 rings (SSSR count). The number of nitrogens with one attached hydrogen (secondary N) is 1. The van der Waals surface area contributed by atoms with Crippen LogP contribution in [0.15, 0.2) is 66.9 Å². The van der Waals surface area contributed by atoms with Gasteiger partial charge in [-0.2, -0.15) is 10.2 Å². The first-order valence-electron chi connectivity index (χ1n) is 11.4. The van der Waals surface area contributed by atoms with Crippen molar-refractivity contribution in [1.29, 1.82) is 0 Å². The molecule has 1 N–H and O–H groups in total. The van der Waals surface area contributed by atoms with Crippen LogP contribution in [-0.4, -0.2) is 30.5 Å². The second kappa shape index (κ2) is 9.35. The van der Waals surface area contributed by atoms with Gasteiger partial charge in [0, 0.05) is 28.4 Å². The number of carbonyl (C=O) groups excluding carboxylic acids is 1. The third kappa shape index (κ3) is 4.81. The minimum absolute atomic E-state index is 0.0366. The number of amides is 1. The van der Waals surface area contributed by atoms with Crippen molar-refractivity contribution >= 4 is 34.4 Å². The minimum atomic E-state index is -0.218. The lowest BCUT2D eigenvalue weighted by molar-refractivity contribution is -0.116. The molecule has 8 heteroatoms. The summed E-state index contributed by atoms with van der Waals surface area (Å²) in [5.74, 6) is 0.278. The first-order chi connectivity index (χ1) is 16.9. The van der Waals surface area contributed by atoms with Crippen LogP contribution in [0.1, 0.15) is 22.5 Å². The number of fused-ring (bicyclic) bond motifs is 1. The Morgan fingerprint density at radius 3 is 2.54 bits per heavy atom. The summed E-state index contributed by atoms with van der Waals surface area (Å²) in [6, 6.07) is 19.8. The molecule has 0 atom stereocenters. The molecule has 7 nitrogen and oxygen atoms in total. The van der Waals surface area contributed by atoms with Crippen LogP contribution >= 0.6 is 11.6 Å². The number of aromatic nitrogens is 5. The molecule has 0 aliphatic rings. The van der Waals surface area contributed by atoms with Crippen molar-refractivity contribution in [3.05, 3.63) is 94.4 Å². The summed E-state index contributed by atoms with van der Waals surface area (Å²) in [5.41, 5.74) is 6.83. The fourth-order valence-electron chi connectivity index (χ4n) is 4.22. The van der Waals surface area contributed by atoms with E-state index in [4.69, 9.17) is 11.6 Å². The fourth-order valence-corrected chi connectivity index (χ4v) is 4.44. The monoisotopic (exact) mass is 484 g/mol. The molecule has 0 saturated carbocycles. The molecule has 0 bridgehead atoms. The lowest BCUT2D eigenvalue weighted by atomic mass is 10.0. The van der Waals surface area contributed by atoms with Gasteiger partial charge in [0.05, 0.1) is 12.2 Å². The second-order valence-electron chi connectivity index (χ2n) is 8.67. The molecule has 0 unspecified atom stereocenters. The van der Waals surface area contributed by atoms with Crippen molar-refractivity contribution in [2.45, 2.75) is 33.9 Å². The van der Waals surface area contributed by atoms with Crippen LogP contribution in [0.5, 0.6) is 0 Å². The molecule has 5 aromatic rings. The summed E-state index contributed by atoms with van der Waals surface area (Å²) in [5, 5.41) is 13.7. The maximum Gasteiger partial charge on any atom is 0.247 e. The van der Waals surface area contributed by atoms with Crippen LogP contribution < -0.4 is 5.32 Å². The summed E-state index contributed by atoms with van der Waals surface area (Å²) in [7, 11) is 0. The second-order valence-corrected chi connectivity index (χ2v) is 9.11. The molecule has 0 aliphatic carbocycles. The SMILES string of the molecule is Cc1ccc(-c2ccnc3c2c(C)nn3CC(=O)Nc2cc(C)n(Cc3cccc(Cl)c3)n2)cc1. The number of anilines is 1. The smallest absolute Gasteiger partial charge is 0.247 e. The van der Waals surface area contributed by atoms with E-state index in [-0.39, 0.29) is 12.5 Å². The number of hydrogen-bond acceptors (Lipinski definition) is 4. The van der Waals surface area contributed by atoms with E-state index in [2.05, 4.69) is 51.7 Å². The van der Waals surface area contributed by atoms with E-state index in [1.807, 2.05) is 54.9 Å². The van der Waals surface area contributed by atoms with E-state index in [1.165, 1.54) is 5.56 Å². The van der Waals surface area contributed by atoms with Crippen molar-refractivity contribution < 1.29 is 4.79 Å². The summed E-state index contributed by atoms with van der Waals surface area (Å²) < 4.78 is 3.48. The van der Waals surface area contributed by atoms with Gasteiger partial charge in [-0.3, -0.25) is 9.48 Å². The maximum atomic E-state index is 12.9. The largest absolute Gasteiger partial charge is 0.308 e. The van der Waals surface area contributed by atoms with Gasteiger partial charge in [0.15, 0.2) is 11.5 Å². The number of benzene rings is 2. The van der Waals surface area contributed by atoms with Crippen molar-refractivity contribution in [2.75, 3.05) is 5.32 Å². The molecule has 0 spiro atoms. The van der Waals surface area contributed by atoms with Crippen molar-refractivity contribution in [1.82, 2.24) is 24.5 Å². The van der Waals surface area contributed by atoms with Crippen LogP contribution in [0, 0.1) is 20.8 Å². The van der Waals surface area contributed by atoms with Gasteiger partial charge in [0.2, 0.25) is 5.91 Å². The zero-order chi connectivity index (χ0) is 24.5. The Hall–Kier alpha value is -3.97. The van der Waals surface area contributed by atoms with Crippen molar-refractivity contribution in [3.63, 3.8) is 0 Å². The van der Waals surface area contributed by atoms with Crippen molar-refractivity contribution in [3.8, 4) is 11.1 Å². The lowest BCUT2D eigenvalue weighted by Gasteiger charge is -2.06. The minimum Gasteiger partial charge on any atom is -0.308 e. The van der Waals surface area contributed by atoms with Gasteiger partial charge in [-0.05, 0) is 55.7 Å². The van der Waals surface area contributed by atoms with Gasteiger partial charge in [0.1, 0.15) is 6.54 Å². The Balaban J connectivity index is 1.35. The van der Waals surface area contributed by atoms with E-state index >= 15 is 0 Å². The highest BCUT2D eigenvalue weighted by Gasteiger charge is 2.17. The highest BCUT2D eigenvalue weighted by molar-refractivity contribution is 6.30. The first-order valence-corrected chi connectivity index (χ1v) is 11.7. The zero-order valence-corrected chi connectivity index (χ0v) is 20.5. The first kappa shape index (κ1) is 22.8. The number of carbonyl (C=O) groups is 1. The molecule has 0 saturated heterocycles. The molecular formula is C27H25ClN6O. The third-order valence-electron chi connectivity index (χ3n) is 5.93. The molecule has 0 aliphatic heterocycles. The molecule has 1 amide bonds. The van der Waals surface area contributed by atoms with Gasteiger partial charge < -0.3 is 5.32 Å². The van der Waals surface area contributed by atoms with Crippen LogP contribution in [0.4, 0.5) is 5.82 Å². The Labute approximate surface area is 208 Å². The number of nitrogens with zero attached hydrogens (tertiary/aromatic N) is 5. The molecule has 3 heterocycles. The molecule has 176 valence electrons. The van der Waals surface area contributed by atoms with Crippen LogP contribution in [0.3, 0.4) is 0 Å². The van der Waals surface area contributed by atoms with Gasteiger partial charge in [0.25, 0.3) is 0 Å².